The minimum atomic E-state index is -4.56. The van der Waals surface area contributed by atoms with Crippen LogP contribution in [0, 0.1) is 0 Å². The number of carbonyl (C=O) groups excluding carboxylic acids is 1. The summed E-state index contributed by atoms with van der Waals surface area (Å²) < 4.78 is 39.1. The Morgan fingerprint density at radius 2 is 1.68 bits per heavy atom. The Bertz CT molecular complexity index is 1530. The maximum atomic E-state index is 13.4. The lowest BCUT2D eigenvalue weighted by Crippen LogP contribution is -2.37. The van der Waals surface area contributed by atoms with Crippen molar-refractivity contribution < 1.29 is 27.9 Å². The zero-order valence-corrected chi connectivity index (χ0v) is 22.3. The monoisotopic (exact) mass is 562 g/mol. The van der Waals surface area contributed by atoms with Gasteiger partial charge in [-0.15, -0.1) is 0 Å². The summed E-state index contributed by atoms with van der Waals surface area (Å²) in [7, 11) is 0. The Hall–Kier alpha value is -4.34. The van der Waals surface area contributed by atoms with Crippen molar-refractivity contribution in [2.75, 3.05) is 13.1 Å². The van der Waals surface area contributed by atoms with Gasteiger partial charge in [-0.25, -0.2) is 9.97 Å². The second-order valence-electron chi connectivity index (χ2n) is 10.2. The molecule has 0 atom stereocenters. The Kier molecular flexibility index (Phi) is 8.28. The van der Waals surface area contributed by atoms with Gasteiger partial charge in [-0.3, -0.25) is 14.6 Å². The third-order valence-electron chi connectivity index (χ3n) is 7.42. The number of benzene rings is 2. The predicted molar refractivity (Wildman–Crippen MR) is 147 cm³/mol. The molecule has 1 saturated heterocycles. The van der Waals surface area contributed by atoms with Gasteiger partial charge in [-0.05, 0) is 73.9 Å². The first-order chi connectivity index (χ1) is 19.7. The number of likely N-dealkylation sites (tertiary alicyclic amines) is 1. The summed E-state index contributed by atoms with van der Waals surface area (Å²) in [6.45, 7) is 1.30. The van der Waals surface area contributed by atoms with E-state index in [0.717, 1.165) is 25.1 Å². The van der Waals surface area contributed by atoms with Crippen LogP contribution in [0.4, 0.5) is 13.2 Å². The molecule has 2 aromatic heterocycles. The van der Waals surface area contributed by atoms with Crippen LogP contribution < -0.4 is 0 Å². The van der Waals surface area contributed by atoms with Gasteiger partial charge >= 0.3 is 12.1 Å². The molecule has 5 rings (SSSR count). The fraction of sp³-hybridized carbons (Fsp3) is 0.323. The van der Waals surface area contributed by atoms with E-state index >= 15 is 0 Å². The van der Waals surface area contributed by atoms with Crippen molar-refractivity contribution in [3.63, 3.8) is 0 Å². The van der Waals surface area contributed by atoms with Crippen LogP contribution in [0.5, 0.6) is 0 Å². The van der Waals surface area contributed by atoms with Crippen molar-refractivity contribution in [3.8, 4) is 11.3 Å². The van der Waals surface area contributed by atoms with Crippen LogP contribution in [0.15, 0.2) is 66.9 Å². The number of carboxylic acids is 1. The van der Waals surface area contributed by atoms with Crippen LogP contribution in [0.25, 0.3) is 22.3 Å². The molecule has 1 amide bonds. The number of aryl methyl sites for hydroxylation is 1. The first-order valence-corrected chi connectivity index (χ1v) is 13.6. The van der Waals surface area contributed by atoms with E-state index in [1.54, 1.807) is 18.2 Å². The van der Waals surface area contributed by atoms with E-state index in [1.807, 2.05) is 23.1 Å². The summed E-state index contributed by atoms with van der Waals surface area (Å²) in [6.07, 6.45) is -0.388. The highest BCUT2D eigenvalue weighted by Gasteiger charge is 2.32. The number of unbranched alkanes of at least 4 members (excludes halogenated alkanes) is 1. The SMILES string of the molecule is O=C(O)CCCCc1nc2cc(C(=O)N3CCC(c4ccccc4)CC3)ccc2nc1-c1ccc(C(F)(F)F)nc1. The number of fused-ring (bicyclic) bond motifs is 1. The third kappa shape index (κ3) is 6.70. The number of hydrogen-bond acceptors (Lipinski definition) is 5. The molecule has 7 nitrogen and oxygen atoms in total. The number of amides is 1. The number of aliphatic carboxylic acids is 1. The number of alkyl halides is 3. The molecule has 41 heavy (non-hydrogen) atoms. The van der Waals surface area contributed by atoms with Gasteiger partial charge in [0.1, 0.15) is 5.69 Å². The van der Waals surface area contributed by atoms with Crippen LogP contribution in [0.2, 0.25) is 0 Å². The largest absolute Gasteiger partial charge is 0.481 e. The lowest BCUT2D eigenvalue weighted by Gasteiger charge is -2.32. The average Bonchev–Trinajstić information content (AvgIpc) is 2.98. The molecule has 10 heteroatoms. The van der Waals surface area contributed by atoms with E-state index in [-0.39, 0.29) is 12.3 Å². The van der Waals surface area contributed by atoms with Crippen molar-refractivity contribution in [2.45, 2.75) is 50.6 Å². The smallest absolute Gasteiger partial charge is 0.433 e. The van der Waals surface area contributed by atoms with Crippen molar-refractivity contribution in [2.24, 2.45) is 0 Å². The predicted octanol–water partition coefficient (Wildman–Crippen LogP) is 6.53. The van der Waals surface area contributed by atoms with Crippen molar-refractivity contribution >= 4 is 22.9 Å². The molecular formula is C31H29F3N4O3. The molecule has 4 aromatic rings. The minimum Gasteiger partial charge on any atom is -0.481 e. The van der Waals surface area contributed by atoms with Gasteiger partial charge in [-0.2, -0.15) is 13.2 Å². The zero-order valence-electron chi connectivity index (χ0n) is 22.3. The van der Waals surface area contributed by atoms with Gasteiger partial charge in [0, 0.05) is 36.8 Å². The van der Waals surface area contributed by atoms with E-state index in [2.05, 4.69) is 22.1 Å². The molecule has 1 fully saturated rings. The summed E-state index contributed by atoms with van der Waals surface area (Å²) in [4.78, 5) is 39.2. The summed E-state index contributed by atoms with van der Waals surface area (Å²) in [5, 5.41) is 8.97. The molecule has 0 spiro atoms. The van der Waals surface area contributed by atoms with Gasteiger partial charge in [0.05, 0.1) is 22.4 Å². The summed E-state index contributed by atoms with van der Waals surface area (Å²) >= 11 is 0. The number of halogens is 3. The molecule has 0 unspecified atom stereocenters. The first kappa shape index (κ1) is 28.2. The Morgan fingerprint density at radius 3 is 2.34 bits per heavy atom. The number of piperidine rings is 1. The number of pyridine rings is 1. The van der Waals surface area contributed by atoms with Gasteiger partial charge in [-0.1, -0.05) is 30.3 Å². The van der Waals surface area contributed by atoms with E-state index in [0.29, 0.717) is 71.8 Å². The summed E-state index contributed by atoms with van der Waals surface area (Å²) in [5.41, 5.74) is 3.03. The van der Waals surface area contributed by atoms with Gasteiger partial charge in [0.25, 0.3) is 5.91 Å². The fourth-order valence-electron chi connectivity index (χ4n) is 5.22. The van der Waals surface area contributed by atoms with Crippen LogP contribution in [-0.4, -0.2) is 49.9 Å². The van der Waals surface area contributed by atoms with E-state index in [1.165, 1.54) is 11.6 Å². The Labute approximate surface area is 235 Å². The second-order valence-corrected chi connectivity index (χ2v) is 10.2. The molecule has 0 bridgehead atoms. The molecule has 1 aliphatic heterocycles. The van der Waals surface area contributed by atoms with Crippen LogP contribution in [-0.2, 0) is 17.4 Å². The van der Waals surface area contributed by atoms with Crippen LogP contribution in [0.1, 0.15) is 65.3 Å². The Balaban J connectivity index is 1.39. The van der Waals surface area contributed by atoms with Crippen LogP contribution in [0.3, 0.4) is 0 Å². The highest BCUT2D eigenvalue weighted by Crippen LogP contribution is 2.31. The molecule has 1 aliphatic rings. The molecule has 2 aromatic carbocycles. The number of aromatic nitrogens is 3. The number of carboxylic acid groups (broad SMARTS) is 1. The molecule has 212 valence electrons. The van der Waals surface area contributed by atoms with Gasteiger partial charge in [0.15, 0.2) is 0 Å². The maximum Gasteiger partial charge on any atom is 0.433 e. The second kappa shape index (κ2) is 12.0. The molecule has 0 radical (unpaired) electrons. The molecule has 0 saturated carbocycles. The quantitative estimate of drug-likeness (QED) is 0.246. The Morgan fingerprint density at radius 1 is 0.927 bits per heavy atom. The first-order valence-electron chi connectivity index (χ1n) is 13.6. The topological polar surface area (TPSA) is 96.3 Å². The third-order valence-corrected chi connectivity index (χ3v) is 7.42. The number of rotatable bonds is 8. The van der Waals surface area contributed by atoms with E-state index in [4.69, 9.17) is 10.1 Å². The fourth-order valence-corrected chi connectivity index (χ4v) is 5.22. The molecule has 1 N–H and O–H groups in total. The van der Waals surface area contributed by atoms with Crippen molar-refractivity contribution in [1.29, 1.82) is 0 Å². The standard InChI is InChI=1S/C31H29F3N4O3/c32-31(33,34)27-13-11-23(19-35-27)29-25(8-4-5-9-28(39)40)36-26-18-22(10-12-24(26)37-29)30(41)38-16-14-21(15-17-38)20-6-2-1-3-7-20/h1-3,6-7,10-13,18-19,21H,4-5,8-9,14-17H2,(H,39,40). The minimum absolute atomic E-state index is 0.00219. The highest BCUT2D eigenvalue weighted by molar-refractivity contribution is 5.97. The molecule has 0 aliphatic carbocycles. The molecular weight excluding hydrogens is 533 g/mol. The van der Waals surface area contributed by atoms with Gasteiger partial charge < -0.3 is 10.0 Å². The summed E-state index contributed by atoms with van der Waals surface area (Å²) in [6, 6.07) is 17.6. The average molecular weight is 563 g/mol. The van der Waals surface area contributed by atoms with Crippen molar-refractivity contribution in [1.82, 2.24) is 19.9 Å². The zero-order chi connectivity index (χ0) is 29.0. The van der Waals surface area contributed by atoms with E-state index < -0.39 is 17.8 Å². The van der Waals surface area contributed by atoms with Crippen molar-refractivity contribution in [3.05, 3.63) is 89.4 Å². The molecule has 3 heterocycles. The lowest BCUT2D eigenvalue weighted by atomic mass is 9.89. The van der Waals surface area contributed by atoms with Crippen LogP contribution >= 0.6 is 0 Å². The highest BCUT2D eigenvalue weighted by atomic mass is 19.4. The van der Waals surface area contributed by atoms with E-state index in [9.17, 15) is 22.8 Å². The number of nitrogens with zero attached hydrogens (tertiary/aromatic N) is 4. The summed E-state index contributed by atoms with van der Waals surface area (Å²) in [5.74, 6) is -0.568. The number of hydrogen-bond donors (Lipinski definition) is 1. The normalized spacial score (nSPS) is 14.4. The number of carbonyl (C=O) groups is 2. The van der Waals surface area contributed by atoms with Gasteiger partial charge in [0.2, 0.25) is 0 Å². The maximum absolute atomic E-state index is 13.4. The lowest BCUT2D eigenvalue weighted by molar-refractivity contribution is -0.141.